The monoisotopic (exact) mass is 277 g/mol. The van der Waals surface area contributed by atoms with Crippen molar-refractivity contribution in [3.63, 3.8) is 0 Å². The molecule has 1 fully saturated rings. The predicted octanol–water partition coefficient (Wildman–Crippen LogP) is 1.86. The summed E-state index contributed by atoms with van der Waals surface area (Å²) < 4.78 is 5.60. The summed E-state index contributed by atoms with van der Waals surface area (Å²) in [5, 5.41) is 9.84. The van der Waals surface area contributed by atoms with Crippen LogP contribution < -0.4 is 4.74 Å². The molecular formula is C16H23NO3. The molecule has 110 valence electrons. The van der Waals surface area contributed by atoms with Crippen molar-refractivity contribution in [3.8, 4) is 5.75 Å². The summed E-state index contributed by atoms with van der Waals surface area (Å²) in [7, 11) is 1.71. The van der Waals surface area contributed by atoms with E-state index in [1.807, 2.05) is 24.3 Å². The Morgan fingerprint density at radius 2 is 2.15 bits per heavy atom. The van der Waals surface area contributed by atoms with Crippen molar-refractivity contribution in [2.75, 3.05) is 20.2 Å². The van der Waals surface area contributed by atoms with Crippen molar-refractivity contribution in [3.05, 3.63) is 29.8 Å². The van der Waals surface area contributed by atoms with E-state index >= 15 is 0 Å². The molecule has 1 atom stereocenters. The number of hydrogen-bond donors (Lipinski definition) is 1. The third-order valence-corrected chi connectivity index (χ3v) is 3.76. The summed E-state index contributed by atoms with van der Waals surface area (Å²) in [4.78, 5) is 13.5. The van der Waals surface area contributed by atoms with Gasteiger partial charge in [-0.3, -0.25) is 4.79 Å². The topological polar surface area (TPSA) is 49.8 Å². The van der Waals surface area contributed by atoms with Gasteiger partial charge in [-0.2, -0.15) is 0 Å². The quantitative estimate of drug-likeness (QED) is 0.827. The molecule has 0 bridgehead atoms. The fourth-order valence-electron chi connectivity index (χ4n) is 2.20. The van der Waals surface area contributed by atoms with Crippen LogP contribution in [0.5, 0.6) is 5.75 Å². The Bertz CT molecular complexity index is 457. The van der Waals surface area contributed by atoms with Crippen LogP contribution in [-0.4, -0.2) is 42.2 Å². The third kappa shape index (κ3) is 3.97. The lowest BCUT2D eigenvalue weighted by Gasteiger charge is -2.21. The van der Waals surface area contributed by atoms with E-state index < -0.39 is 6.10 Å². The van der Waals surface area contributed by atoms with E-state index in [0.29, 0.717) is 12.5 Å². The van der Waals surface area contributed by atoms with Gasteiger partial charge >= 0.3 is 0 Å². The highest BCUT2D eigenvalue weighted by molar-refractivity contribution is 5.77. The highest BCUT2D eigenvalue weighted by Crippen LogP contribution is 2.32. The first-order chi connectivity index (χ1) is 9.61. The van der Waals surface area contributed by atoms with Crippen LogP contribution in [0, 0.1) is 5.92 Å². The minimum absolute atomic E-state index is 0.0187. The van der Waals surface area contributed by atoms with Gasteiger partial charge in [0.2, 0.25) is 0 Å². The standard InChI is InChI=1S/C16H23NO3/c1-3-12-6-4-5-7-15(12)20-11-16(19)17(2)10-14(18)13-8-9-13/h4-7,13-14,18H,3,8-11H2,1-2H3. The number of carbonyl (C=O) groups is 1. The molecule has 20 heavy (non-hydrogen) atoms. The van der Waals surface area contributed by atoms with Crippen LogP contribution >= 0.6 is 0 Å². The van der Waals surface area contributed by atoms with Gasteiger partial charge in [-0.15, -0.1) is 0 Å². The van der Waals surface area contributed by atoms with E-state index in [-0.39, 0.29) is 12.5 Å². The maximum atomic E-state index is 12.0. The zero-order valence-electron chi connectivity index (χ0n) is 12.2. The molecule has 4 nitrogen and oxygen atoms in total. The van der Waals surface area contributed by atoms with Gasteiger partial charge < -0.3 is 14.7 Å². The second-order valence-electron chi connectivity index (χ2n) is 5.43. The van der Waals surface area contributed by atoms with Crippen molar-refractivity contribution < 1.29 is 14.6 Å². The molecule has 0 saturated heterocycles. The van der Waals surface area contributed by atoms with Crippen molar-refractivity contribution in [2.24, 2.45) is 5.92 Å². The number of aliphatic hydroxyl groups is 1. The van der Waals surface area contributed by atoms with Gasteiger partial charge in [0, 0.05) is 13.6 Å². The molecule has 2 rings (SSSR count). The predicted molar refractivity (Wildman–Crippen MR) is 77.7 cm³/mol. The first-order valence-electron chi connectivity index (χ1n) is 7.24. The zero-order valence-corrected chi connectivity index (χ0v) is 12.2. The largest absolute Gasteiger partial charge is 0.483 e. The summed E-state index contributed by atoms with van der Waals surface area (Å²) in [5.74, 6) is 1.04. The van der Waals surface area contributed by atoms with E-state index in [9.17, 15) is 9.90 Å². The summed E-state index contributed by atoms with van der Waals surface area (Å²) >= 11 is 0. The Morgan fingerprint density at radius 1 is 1.45 bits per heavy atom. The Kier molecular flexibility index (Phi) is 5.01. The van der Waals surface area contributed by atoms with Crippen LogP contribution in [-0.2, 0) is 11.2 Å². The van der Waals surface area contributed by atoms with Gasteiger partial charge in [0.1, 0.15) is 5.75 Å². The Balaban J connectivity index is 1.81. The van der Waals surface area contributed by atoms with Crippen molar-refractivity contribution in [1.82, 2.24) is 4.90 Å². The summed E-state index contributed by atoms with van der Waals surface area (Å²) in [6.45, 7) is 2.47. The summed E-state index contributed by atoms with van der Waals surface area (Å²) in [6, 6.07) is 7.75. The second-order valence-corrected chi connectivity index (χ2v) is 5.43. The summed E-state index contributed by atoms with van der Waals surface area (Å²) in [5.41, 5.74) is 1.10. The molecule has 0 aliphatic heterocycles. The highest BCUT2D eigenvalue weighted by Gasteiger charge is 2.31. The lowest BCUT2D eigenvalue weighted by molar-refractivity contribution is -0.133. The number of aryl methyl sites for hydroxylation is 1. The van der Waals surface area contributed by atoms with E-state index in [4.69, 9.17) is 4.74 Å². The maximum absolute atomic E-state index is 12.0. The molecule has 1 aromatic rings. The number of rotatable bonds is 7. The smallest absolute Gasteiger partial charge is 0.260 e. The minimum Gasteiger partial charge on any atom is -0.483 e. The van der Waals surface area contributed by atoms with E-state index in [1.54, 1.807) is 11.9 Å². The summed E-state index contributed by atoms with van der Waals surface area (Å²) in [6.07, 6.45) is 2.63. The number of ether oxygens (including phenoxy) is 1. The Morgan fingerprint density at radius 3 is 2.80 bits per heavy atom. The van der Waals surface area contributed by atoms with Gasteiger partial charge in [0.05, 0.1) is 6.10 Å². The van der Waals surface area contributed by atoms with Crippen molar-refractivity contribution >= 4 is 5.91 Å². The number of benzene rings is 1. The van der Waals surface area contributed by atoms with Gasteiger partial charge in [-0.1, -0.05) is 25.1 Å². The van der Waals surface area contributed by atoms with Crippen LogP contribution in [0.1, 0.15) is 25.3 Å². The normalized spacial score (nSPS) is 15.8. The molecule has 1 aromatic carbocycles. The second kappa shape index (κ2) is 6.75. The number of para-hydroxylation sites is 1. The number of carbonyl (C=O) groups excluding carboxylic acids is 1. The molecule has 0 aromatic heterocycles. The fourth-order valence-corrected chi connectivity index (χ4v) is 2.20. The van der Waals surface area contributed by atoms with Crippen LogP contribution in [0.25, 0.3) is 0 Å². The lowest BCUT2D eigenvalue weighted by Crippen LogP contribution is -2.38. The van der Waals surface area contributed by atoms with Crippen LogP contribution in [0.15, 0.2) is 24.3 Å². The SMILES string of the molecule is CCc1ccccc1OCC(=O)N(C)CC(O)C1CC1. The van der Waals surface area contributed by atoms with Gasteiger partial charge in [-0.25, -0.2) is 0 Å². The van der Waals surface area contributed by atoms with E-state index in [1.165, 1.54) is 0 Å². The minimum atomic E-state index is -0.396. The fraction of sp³-hybridized carbons (Fsp3) is 0.562. The molecule has 0 radical (unpaired) electrons. The Hall–Kier alpha value is -1.55. The molecule has 1 aliphatic rings. The molecule has 0 heterocycles. The molecule has 1 amide bonds. The molecule has 1 aliphatic carbocycles. The van der Waals surface area contributed by atoms with Gasteiger partial charge in [0.25, 0.3) is 5.91 Å². The van der Waals surface area contributed by atoms with Crippen LogP contribution in [0.4, 0.5) is 0 Å². The highest BCUT2D eigenvalue weighted by atomic mass is 16.5. The maximum Gasteiger partial charge on any atom is 0.260 e. The molecule has 4 heteroatoms. The average Bonchev–Trinajstić information content (AvgIpc) is 3.29. The van der Waals surface area contributed by atoms with Gasteiger partial charge in [0.15, 0.2) is 6.61 Å². The van der Waals surface area contributed by atoms with Crippen molar-refractivity contribution in [1.29, 1.82) is 0 Å². The number of nitrogens with zero attached hydrogens (tertiary/aromatic N) is 1. The van der Waals surface area contributed by atoms with E-state index in [2.05, 4.69) is 6.92 Å². The zero-order chi connectivity index (χ0) is 14.5. The molecule has 0 spiro atoms. The van der Waals surface area contributed by atoms with E-state index in [0.717, 1.165) is 30.6 Å². The van der Waals surface area contributed by atoms with Gasteiger partial charge in [-0.05, 0) is 36.8 Å². The van der Waals surface area contributed by atoms with Crippen molar-refractivity contribution in [2.45, 2.75) is 32.3 Å². The first kappa shape index (κ1) is 14.9. The molecule has 1 unspecified atom stereocenters. The van der Waals surface area contributed by atoms with Crippen LogP contribution in [0.2, 0.25) is 0 Å². The lowest BCUT2D eigenvalue weighted by atomic mass is 10.1. The number of hydrogen-bond acceptors (Lipinski definition) is 3. The number of amides is 1. The first-order valence-corrected chi connectivity index (χ1v) is 7.24. The molecule has 1 N–H and O–H groups in total. The number of likely N-dealkylation sites (N-methyl/N-ethyl adjacent to an activating group) is 1. The molecular weight excluding hydrogens is 254 g/mol. The third-order valence-electron chi connectivity index (χ3n) is 3.76. The van der Waals surface area contributed by atoms with Crippen LogP contribution in [0.3, 0.4) is 0 Å². The molecule has 1 saturated carbocycles. The number of aliphatic hydroxyl groups excluding tert-OH is 1. The average molecular weight is 277 g/mol. The Labute approximate surface area is 120 Å².